The van der Waals surface area contributed by atoms with E-state index in [9.17, 15) is 0 Å². The van der Waals surface area contributed by atoms with Gasteiger partial charge in [-0.2, -0.15) is 4.98 Å². The van der Waals surface area contributed by atoms with E-state index >= 15 is 0 Å². The third-order valence-corrected chi connectivity index (χ3v) is 3.88. The largest absolute Gasteiger partial charge is 0.351 e. The Bertz CT molecular complexity index is 546. The van der Waals surface area contributed by atoms with Crippen molar-refractivity contribution >= 4 is 27.5 Å². The number of pyridine rings is 1. The Morgan fingerprint density at radius 2 is 2.35 bits per heavy atom. The van der Waals surface area contributed by atoms with Crippen molar-refractivity contribution in [3.05, 3.63) is 22.8 Å². The second-order valence-electron chi connectivity index (χ2n) is 4.63. The summed E-state index contributed by atoms with van der Waals surface area (Å²) in [6.07, 6.45) is 5.26. The van der Waals surface area contributed by atoms with Gasteiger partial charge in [0, 0.05) is 18.3 Å². The maximum Gasteiger partial charge on any atom is 0.243 e. The molecule has 17 heavy (non-hydrogen) atoms. The molecule has 5 nitrogen and oxygen atoms in total. The van der Waals surface area contributed by atoms with E-state index in [2.05, 4.69) is 31.3 Å². The fraction of sp³-hybridized carbons (Fsp3) is 0.455. The van der Waals surface area contributed by atoms with Crippen molar-refractivity contribution < 1.29 is 0 Å². The van der Waals surface area contributed by atoms with Crippen LogP contribution in [0.3, 0.4) is 0 Å². The summed E-state index contributed by atoms with van der Waals surface area (Å²) in [5, 5.41) is 7.56. The van der Waals surface area contributed by atoms with Crippen LogP contribution in [-0.2, 0) is 0 Å². The van der Waals surface area contributed by atoms with Crippen LogP contribution in [-0.4, -0.2) is 26.7 Å². The van der Waals surface area contributed by atoms with E-state index in [-0.39, 0.29) is 5.54 Å². The molecule has 1 fully saturated rings. The van der Waals surface area contributed by atoms with Crippen LogP contribution in [0.25, 0.3) is 5.65 Å². The average Bonchev–Trinajstić information content (AvgIpc) is 2.68. The van der Waals surface area contributed by atoms with Gasteiger partial charge in [0.2, 0.25) is 5.95 Å². The number of fused-ring (bicyclic) bond motifs is 1. The number of rotatable bonds is 3. The van der Waals surface area contributed by atoms with Crippen LogP contribution in [0.1, 0.15) is 19.3 Å². The van der Waals surface area contributed by atoms with Gasteiger partial charge in [0.25, 0.3) is 0 Å². The summed E-state index contributed by atoms with van der Waals surface area (Å²) in [7, 11) is 0. The number of nitrogens with two attached hydrogens (primary N) is 1. The smallest absolute Gasteiger partial charge is 0.243 e. The lowest BCUT2D eigenvalue weighted by Crippen LogP contribution is -2.52. The van der Waals surface area contributed by atoms with E-state index in [0.717, 1.165) is 29.5 Å². The minimum atomic E-state index is -0.0608. The predicted molar refractivity (Wildman–Crippen MR) is 69.9 cm³/mol. The van der Waals surface area contributed by atoms with Gasteiger partial charge in [0.1, 0.15) is 0 Å². The van der Waals surface area contributed by atoms with Gasteiger partial charge in [0.15, 0.2) is 5.65 Å². The summed E-state index contributed by atoms with van der Waals surface area (Å²) in [5.41, 5.74) is 6.89. The second-order valence-corrected chi connectivity index (χ2v) is 5.48. The van der Waals surface area contributed by atoms with Crippen LogP contribution in [0.15, 0.2) is 22.8 Å². The molecule has 3 rings (SSSR count). The van der Waals surface area contributed by atoms with Crippen LogP contribution in [0.4, 0.5) is 5.95 Å². The summed E-state index contributed by atoms with van der Waals surface area (Å²) < 4.78 is 2.68. The quantitative estimate of drug-likeness (QED) is 0.906. The molecule has 0 spiro atoms. The molecule has 0 aliphatic heterocycles. The molecule has 90 valence electrons. The van der Waals surface area contributed by atoms with Crippen LogP contribution < -0.4 is 11.1 Å². The van der Waals surface area contributed by atoms with E-state index in [1.165, 1.54) is 6.42 Å². The van der Waals surface area contributed by atoms with Crippen molar-refractivity contribution in [2.45, 2.75) is 24.8 Å². The summed E-state index contributed by atoms with van der Waals surface area (Å²) in [5.74, 6) is 0.633. The fourth-order valence-electron chi connectivity index (χ4n) is 2.01. The van der Waals surface area contributed by atoms with Gasteiger partial charge in [-0.05, 0) is 47.3 Å². The van der Waals surface area contributed by atoms with Crippen molar-refractivity contribution in [2.75, 3.05) is 11.9 Å². The molecule has 1 aliphatic rings. The number of hydrogen-bond donors (Lipinski definition) is 2. The Morgan fingerprint density at radius 1 is 1.53 bits per heavy atom. The number of aromatic nitrogens is 3. The lowest BCUT2D eigenvalue weighted by atomic mass is 9.78. The molecule has 2 aromatic rings. The first-order valence-corrected chi connectivity index (χ1v) is 6.49. The zero-order chi connectivity index (χ0) is 11.9. The van der Waals surface area contributed by atoms with Crippen LogP contribution in [0.5, 0.6) is 0 Å². The number of halogens is 1. The molecule has 0 atom stereocenters. The molecule has 2 heterocycles. The first-order valence-electron chi connectivity index (χ1n) is 5.70. The number of nitrogens with one attached hydrogen (secondary N) is 1. The maximum absolute atomic E-state index is 6.14. The molecule has 0 saturated heterocycles. The van der Waals surface area contributed by atoms with Gasteiger partial charge in [-0.15, -0.1) is 5.10 Å². The predicted octanol–water partition coefficient (Wildman–Crippen LogP) is 1.79. The zero-order valence-corrected chi connectivity index (χ0v) is 10.9. The normalized spacial score (nSPS) is 18.0. The lowest BCUT2D eigenvalue weighted by molar-refractivity contribution is 0.265. The average molecular weight is 296 g/mol. The van der Waals surface area contributed by atoms with Crippen LogP contribution in [0, 0.1) is 0 Å². The number of nitrogens with zero attached hydrogens (tertiary/aromatic N) is 3. The summed E-state index contributed by atoms with van der Waals surface area (Å²) in [6.45, 7) is 0.738. The van der Waals surface area contributed by atoms with Gasteiger partial charge < -0.3 is 11.1 Å². The second kappa shape index (κ2) is 3.96. The molecule has 6 heteroatoms. The highest BCUT2D eigenvalue weighted by molar-refractivity contribution is 9.10. The van der Waals surface area contributed by atoms with Gasteiger partial charge in [-0.1, -0.05) is 0 Å². The van der Waals surface area contributed by atoms with Gasteiger partial charge in [0.05, 0.1) is 4.47 Å². The Kier molecular flexibility index (Phi) is 2.56. The number of anilines is 1. The Labute approximate surface area is 108 Å². The summed E-state index contributed by atoms with van der Waals surface area (Å²) >= 11 is 3.45. The maximum atomic E-state index is 6.14. The third kappa shape index (κ3) is 2.02. The molecule has 0 radical (unpaired) electrons. The molecule has 1 saturated carbocycles. The minimum Gasteiger partial charge on any atom is -0.351 e. The standard InChI is InChI=1S/C11H14BrN5/c12-8-3-1-6-17-9(8)15-10(16-17)14-7-11(13)4-2-5-11/h1,3,6H,2,4-5,7,13H2,(H,14,16). The highest BCUT2D eigenvalue weighted by Crippen LogP contribution is 2.29. The molecule has 0 aromatic carbocycles. The monoisotopic (exact) mass is 295 g/mol. The lowest BCUT2D eigenvalue weighted by Gasteiger charge is -2.37. The molecule has 2 aromatic heterocycles. The van der Waals surface area contributed by atoms with Gasteiger partial charge in [-0.25, -0.2) is 4.52 Å². The summed E-state index contributed by atoms with van der Waals surface area (Å²) in [6, 6.07) is 3.87. The van der Waals surface area contributed by atoms with E-state index in [1.807, 2.05) is 18.3 Å². The Hall–Kier alpha value is -1.14. The van der Waals surface area contributed by atoms with Gasteiger partial charge in [-0.3, -0.25) is 0 Å². The number of hydrogen-bond acceptors (Lipinski definition) is 4. The molecule has 0 amide bonds. The van der Waals surface area contributed by atoms with E-state index < -0.39 is 0 Å². The SMILES string of the molecule is NC1(CNc2nc3c(Br)cccn3n2)CCC1. The zero-order valence-electron chi connectivity index (χ0n) is 9.36. The minimum absolute atomic E-state index is 0.0608. The highest BCUT2D eigenvalue weighted by Gasteiger charge is 2.32. The van der Waals surface area contributed by atoms with Crippen LogP contribution >= 0.6 is 15.9 Å². The van der Waals surface area contributed by atoms with Crippen molar-refractivity contribution in [1.29, 1.82) is 0 Å². The Balaban J connectivity index is 1.79. The third-order valence-electron chi connectivity index (χ3n) is 3.26. The van der Waals surface area contributed by atoms with Crippen LogP contribution in [0.2, 0.25) is 0 Å². The molecular weight excluding hydrogens is 282 g/mol. The highest BCUT2D eigenvalue weighted by atomic mass is 79.9. The van der Waals surface area contributed by atoms with Crippen molar-refractivity contribution in [2.24, 2.45) is 5.73 Å². The molecule has 1 aliphatic carbocycles. The van der Waals surface area contributed by atoms with Gasteiger partial charge >= 0.3 is 0 Å². The molecule has 3 N–H and O–H groups in total. The first-order chi connectivity index (χ1) is 8.16. The van der Waals surface area contributed by atoms with E-state index in [0.29, 0.717) is 5.95 Å². The fourth-order valence-corrected chi connectivity index (χ4v) is 2.43. The molecular formula is C11H14BrN5. The molecule has 0 bridgehead atoms. The van der Waals surface area contributed by atoms with E-state index in [1.54, 1.807) is 4.52 Å². The molecule has 0 unspecified atom stereocenters. The summed E-state index contributed by atoms with van der Waals surface area (Å²) in [4.78, 5) is 4.41. The first kappa shape index (κ1) is 11.0. The van der Waals surface area contributed by atoms with E-state index in [4.69, 9.17) is 5.73 Å². The Morgan fingerprint density at radius 3 is 3.00 bits per heavy atom. The van der Waals surface area contributed by atoms with Crippen molar-refractivity contribution in [3.8, 4) is 0 Å². The van der Waals surface area contributed by atoms with Crippen molar-refractivity contribution in [3.63, 3.8) is 0 Å². The van der Waals surface area contributed by atoms with Crippen molar-refractivity contribution in [1.82, 2.24) is 14.6 Å². The topological polar surface area (TPSA) is 68.2 Å².